The average molecular weight is 440 g/mol. The third kappa shape index (κ3) is 6.27. The Morgan fingerprint density at radius 1 is 1.38 bits per heavy atom. The molecule has 0 heterocycles. The van der Waals surface area contributed by atoms with Crippen LogP contribution >= 0.6 is 27.7 Å². The van der Waals surface area contributed by atoms with Gasteiger partial charge in [0.1, 0.15) is 16.7 Å². The molecule has 9 heteroatoms. The van der Waals surface area contributed by atoms with Crippen LogP contribution in [0.1, 0.15) is 20.3 Å². The maximum atomic E-state index is 12.7. The molecule has 6 nitrogen and oxygen atoms in total. The fourth-order valence-corrected chi connectivity index (χ4v) is 4.28. The molecule has 24 heavy (non-hydrogen) atoms. The van der Waals surface area contributed by atoms with Crippen molar-refractivity contribution in [3.63, 3.8) is 0 Å². The fraction of sp³-hybridized carbons (Fsp3) is 0.533. The Morgan fingerprint density at radius 3 is 2.58 bits per heavy atom. The zero-order chi connectivity index (χ0) is 18.3. The smallest absolute Gasteiger partial charge is 0.324 e. The lowest BCUT2D eigenvalue weighted by atomic mass is 10.2. The normalized spacial score (nSPS) is 12.9. The average Bonchev–Trinajstić information content (AvgIpc) is 2.50. The van der Waals surface area contributed by atoms with Crippen molar-refractivity contribution in [1.29, 1.82) is 0 Å². The molecule has 0 aliphatic rings. The molecule has 0 saturated heterocycles. The number of thioether (sulfide) groups is 1. The summed E-state index contributed by atoms with van der Waals surface area (Å²) in [5, 5.41) is 0. The highest BCUT2D eigenvalue weighted by Gasteiger charge is 2.29. The van der Waals surface area contributed by atoms with Gasteiger partial charge in [0.15, 0.2) is 0 Å². The van der Waals surface area contributed by atoms with Crippen molar-refractivity contribution < 1.29 is 22.7 Å². The maximum absolute atomic E-state index is 12.7. The number of halogens is 1. The first-order chi connectivity index (χ1) is 11.2. The molecule has 0 bridgehead atoms. The van der Waals surface area contributed by atoms with E-state index in [4.69, 9.17) is 9.47 Å². The molecular weight excluding hydrogens is 418 g/mol. The second kappa shape index (κ2) is 9.65. The number of carbonyl (C=O) groups is 1. The summed E-state index contributed by atoms with van der Waals surface area (Å²) < 4.78 is 38.7. The number of rotatable bonds is 9. The summed E-state index contributed by atoms with van der Waals surface area (Å²) in [6.45, 7) is 3.44. The van der Waals surface area contributed by atoms with Crippen molar-refractivity contribution >= 4 is 43.7 Å². The third-order valence-electron chi connectivity index (χ3n) is 2.96. The molecule has 136 valence electrons. The molecule has 1 N–H and O–H groups in total. The maximum Gasteiger partial charge on any atom is 0.324 e. The number of sulfonamides is 1. The monoisotopic (exact) mass is 439 g/mol. The van der Waals surface area contributed by atoms with E-state index in [1.165, 1.54) is 24.9 Å². The van der Waals surface area contributed by atoms with E-state index >= 15 is 0 Å². The molecular formula is C15H22BrNO5S2. The summed E-state index contributed by atoms with van der Waals surface area (Å²) in [5.74, 6) is 0.235. The summed E-state index contributed by atoms with van der Waals surface area (Å²) in [6, 6.07) is 3.70. The molecule has 1 rings (SSSR count). The quantitative estimate of drug-likeness (QED) is 0.595. The van der Waals surface area contributed by atoms with Crippen molar-refractivity contribution in [2.24, 2.45) is 0 Å². The van der Waals surface area contributed by atoms with Crippen LogP contribution < -0.4 is 9.46 Å². The van der Waals surface area contributed by atoms with Gasteiger partial charge >= 0.3 is 5.97 Å². The lowest BCUT2D eigenvalue weighted by Gasteiger charge is -2.19. The molecule has 0 saturated carbocycles. The first-order valence-corrected chi connectivity index (χ1v) is 10.9. The SMILES string of the molecule is COc1ccc(Br)cc1S(=O)(=O)NC(CCSC)C(=O)OC(C)C. The van der Waals surface area contributed by atoms with Crippen LogP contribution in [-0.4, -0.2) is 45.7 Å². The number of methoxy groups -OCH3 is 1. The number of carbonyl (C=O) groups excluding carboxylic acids is 1. The van der Waals surface area contributed by atoms with Gasteiger partial charge < -0.3 is 9.47 Å². The van der Waals surface area contributed by atoms with Crippen molar-refractivity contribution in [2.75, 3.05) is 19.1 Å². The topological polar surface area (TPSA) is 81.7 Å². The van der Waals surface area contributed by atoms with E-state index in [-0.39, 0.29) is 16.7 Å². The van der Waals surface area contributed by atoms with Crippen molar-refractivity contribution in [2.45, 2.75) is 37.3 Å². The Morgan fingerprint density at radius 2 is 2.04 bits per heavy atom. The van der Waals surface area contributed by atoms with Crippen LogP contribution in [0, 0.1) is 0 Å². The van der Waals surface area contributed by atoms with Gasteiger partial charge in [-0.05, 0) is 50.5 Å². The van der Waals surface area contributed by atoms with Crippen LogP contribution in [0.15, 0.2) is 27.6 Å². The Balaban J connectivity index is 3.10. The number of hydrogen-bond acceptors (Lipinski definition) is 6. The Labute approximate surface area is 155 Å². The predicted octanol–water partition coefficient (Wildman–Crippen LogP) is 2.81. The minimum atomic E-state index is -3.95. The van der Waals surface area contributed by atoms with Gasteiger partial charge in [-0.15, -0.1) is 0 Å². The van der Waals surface area contributed by atoms with E-state index < -0.39 is 22.0 Å². The van der Waals surface area contributed by atoms with Gasteiger partial charge in [-0.2, -0.15) is 16.5 Å². The van der Waals surface area contributed by atoms with Gasteiger partial charge in [0.05, 0.1) is 13.2 Å². The molecule has 1 atom stereocenters. The number of nitrogens with one attached hydrogen (secondary N) is 1. The number of benzene rings is 1. The van der Waals surface area contributed by atoms with E-state index in [1.807, 2.05) is 6.26 Å². The molecule has 0 aliphatic heterocycles. The van der Waals surface area contributed by atoms with Crippen LogP contribution in [-0.2, 0) is 19.6 Å². The molecule has 1 unspecified atom stereocenters. The third-order valence-corrected chi connectivity index (χ3v) is 5.59. The van der Waals surface area contributed by atoms with Gasteiger partial charge in [-0.3, -0.25) is 4.79 Å². The van der Waals surface area contributed by atoms with Gasteiger partial charge in [0, 0.05) is 4.47 Å². The first-order valence-electron chi connectivity index (χ1n) is 7.26. The first kappa shape index (κ1) is 21.3. The van der Waals surface area contributed by atoms with Crippen molar-refractivity contribution in [1.82, 2.24) is 4.72 Å². The summed E-state index contributed by atoms with van der Waals surface area (Å²) in [6.07, 6.45) is 1.90. The van der Waals surface area contributed by atoms with Crippen LogP contribution in [0.2, 0.25) is 0 Å². The van der Waals surface area contributed by atoms with Crippen molar-refractivity contribution in [3.8, 4) is 5.75 Å². The minimum absolute atomic E-state index is 0.0362. The highest BCUT2D eigenvalue weighted by molar-refractivity contribution is 9.10. The Hall–Kier alpha value is -0.770. The van der Waals surface area contributed by atoms with Gasteiger partial charge in [0.2, 0.25) is 10.0 Å². The largest absolute Gasteiger partial charge is 0.495 e. The van der Waals surface area contributed by atoms with E-state index in [2.05, 4.69) is 20.7 Å². The molecule has 1 aromatic carbocycles. The Kier molecular flexibility index (Phi) is 8.55. The molecule has 0 aromatic heterocycles. The van der Waals surface area contributed by atoms with Crippen LogP contribution in [0.5, 0.6) is 5.75 Å². The van der Waals surface area contributed by atoms with E-state index in [1.54, 1.807) is 26.0 Å². The van der Waals surface area contributed by atoms with E-state index in [0.717, 1.165) is 0 Å². The molecule has 0 aliphatic carbocycles. The summed E-state index contributed by atoms with van der Waals surface area (Å²) in [5.41, 5.74) is 0. The number of esters is 1. The van der Waals surface area contributed by atoms with E-state index in [0.29, 0.717) is 16.6 Å². The summed E-state index contributed by atoms with van der Waals surface area (Å²) in [4.78, 5) is 12.2. The highest BCUT2D eigenvalue weighted by atomic mass is 79.9. The van der Waals surface area contributed by atoms with Crippen LogP contribution in [0.3, 0.4) is 0 Å². The molecule has 0 spiro atoms. The summed E-state index contributed by atoms with van der Waals surface area (Å²) in [7, 11) is -2.56. The standard InChI is InChI=1S/C15H22BrNO5S2/c1-10(2)22-15(18)12(7-8-23-4)17-24(19,20)14-9-11(16)5-6-13(14)21-3/h5-6,9-10,12,17H,7-8H2,1-4H3. The van der Waals surface area contributed by atoms with Gasteiger partial charge in [-0.1, -0.05) is 15.9 Å². The predicted molar refractivity (Wildman–Crippen MR) is 99.0 cm³/mol. The molecule has 0 radical (unpaired) electrons. The lowest BCUT2D eigenvalue weighted by Crippen LogP contribution is -2.43. The highest BCUT2D eigenvalue weighted by Crippen LogP contribution is 2.27. The van der Waals surface area contributed by atoms with Crippen LogP contribution in [0.25, 0.3) is 0 Å². The van der Waals surface area contributed by atoms with Gasteiger partial charge in [0.25, 0.3) is 0 Å². The fourth-order valence-electron chi connectivity index (χ4n) is 1.89. The number of ether oxygens (including phenoxy) is 2. The molecule has 0 fully saturated rings. The zero-order valence-corrected chi connectivity index (χ0v) is 17.3. The number of hydrogen-bond donors (Lipinski definition) is 1. The lowest BCUT2D eigenvalue weighted by molar-refractivity contribution is -0.149. The van der Waals surface area contributed by atoms with Crippen molar-refractivity contribution in [3.05, 3.63) is 22.7 Å². The molecule has 1 aromatic rings. The Bertz CT molecular complexity index is 664. The second-order valence-electron chi connectivity index (χ2n) is 5.24. The van der Waals surface area contributed by atoms with Crippen LogP contribution in [0.4, 0.5) is 0 Å². The minimum Gasteiger partial charge on any atom is -0.495 e. The molecule has 0 amide bonds. The summed E-state index contributed by atoms with van der Waals surface area (Å²) >= 11 is 4.77. The second-order valence-corrected chi connectivity index (χ2v) is 8.82. The van der Waals surface area contributed by atoms with E-state index in [9.17, 15) is 13.2 Å². The zero-order valence-electron chi connectivity index (χ0n) is 14.0. The van der Waals surface area contributed by atoms with Gasteiger partial charge in [-0.25, -0.2) is 8.42 Å².